The van der Waals surface area contributed by atoms with E-state index in [4.69, 9.17) is 15.9 Å². The van der Waals surface area contributed by atoms with Crippen molar-refractivity contribution in [1.82, 2.24) is 0 Å². The second-order valence-corrected chi connectivity index (χ2v) is 2.29. The van der Waals surface area contributed by atoms with E-state index in [1.54, 1.807) is 0 Å². The lowest BCUT2D eigenvalue weighted by Gasteiger charge is -2.02. The fraction of sp³-hybridized carbons (Fsp3) is 0.571. The van der Waals surface area contributed by atoms with Crippen molar-refractivity contribution in [2.24, 2.45) is 5.73 Å². The summed E-state index contributed by atoms with van der Waals surface area (Å²) < 4.78 is 0. The Labute approximate surface area is 65.3 Å². The Kier molecular flexibility index (Phi) is 4.49. The van der Waals surface area contributed by atoms with E-state index >= 15 is 0 Å². The molecule has 0 bridgehead atoms. The van der Waals surface area contributed by atoms with Crippen molar-refractivity contribution in [2.45, 2.75) is 19.4 Å². The normalized spacial score (nSPS) is 14.6. The van der Waals surface area contributed by atoms with Gasteiger partial charge in [0, 0.05) is 18.6 Å². The maximum absolute atomic E-state index is 10.4. The van der Waals surface area contributed by atoms with E-state index in [-0.39, 0.29) is 13.0 Å². The summed E-state index contributed by atoms with van der Waals surface area (Å²) in [4.78, 5) is 10.4. The first-order valence-electron chi connectivity index (χ1n) is 3.35. The van der Waals surface area contributed by atoms with Crippen molar-refractivity contribution < 1.29 is 15.0 Å². The SMILES string of the molecule is CC(=CC(O)CCO)C(N)=O. The third kappa shape index (κ3) is 4.52. The summed E-state index contributed by atoms with van der Waals surface area (Å²) in [6.45, 7) is 1.41. The number of amides is 1. The second kappa shape index (κ2) is 4.87. The first kappa shape index (κ1) is 10.1. The van der Waals surface area contributed by atoms with Crippen LogP contribution in [0.5, 0.6) is 0 Å². The fourth-order valence-corrected chi connectivity index (χ4v) is 0.586. The molecule has 0 heterocycles. The molecular formula is C7H13NO3. The molecule has 0 aromatic rings. The summed E-state index contributed by atoms with van der Waals surface area (Å²) in [5.41, 5.74) is 5.21. The molecule has 1 amide bonds. The zero-order chi connectivity index (χ0) is 8.85. The van der Waals surface area contributed by atoms with E-state index in [2.05, 4.69) is 0 Å². The Morgan fingerprint density at radius 3 is 2.64 bits per heavy atom. The van der Waals surface area contributed by atoms with Gasteiger partial charge < -0.3 is 15.9 Å². The van der Waals surface area contributed by atoms with Gasteiger partial charge >= 0.3 is 0 Å². The van der Waals surface area contributed by atoms with E-state index in [0.29, 0.717) is 5.57 Å². The quantitative estimate of drug-likeness (QED) is 0.468. The van der Waals surface area contributed by atoms with Crippen LogP contribution in [0, 0.1) is 0 Å². The molecule has 11 heavy (non-hydrogen) atoms. The Bertz CT molecular complexity index is 165. The number of aliphatic hydroxyl groups is 2. The molecule has 0 saturated heterocycles. The van der Waals surface area contributed by atoms with Crippen LogP contribution in [0.3, 0.4) is 0 Å². The highest BCUT2D eigenvalue weighted by atomic mass is 16.3. The summed E-state index contributed by atoms with van der Waals surface area (Å²) in [6.07, 6.45) is 0.774. The minimum Gasteiger partial charge on any atom is -0.396 e. The highest BCUT2D eigenvalue weighted by Gasteiger charge is 2.02. The predicted octanol–water partition coefficient (Wildman–Crippen LogP) is -0.839. The van der Waals surface area contributed by atoms with Gasteiger partial charge in [-0.2, -0.15) is 0 Å². The Morgan fingerprint density at radius 2 is 2.27 bits per heavy atom. The molecule has 1 atom stereocenters. The Balaban J connectivity index is 3.96. The maximum Gasteiger partial charge on any atom is 0.244 e. The molecule has 0 aliphatic rings. The van der Waals surface area contributed by atoms with Crippen LogP contribution in [-0.4, -0.2) is 28.8 Å². The van der Waals surface area contributed by atoms with Gasteiger partial charge in [0.05, 0.1) is 6.10 Å². The smallest absolute Gasteiger partial charge is 0.244 e. The molecule has 0 rings (SSSR count). The molecule has 1 unspecified atom stereocenters. The largest absolute Gasteiger partial charge is 0.396 e. The van der Waals surface area contributed by atoms with Gasteiger partial charge in [-0.15, -0.1) is 0 Å². The van der Waals surface area contributed by atoms with Crippen molar-refractivity contribution in [3.63, 3.8) is 0 Å². The maximum atomic E-state index is 10.4. The zero-order valence-corrected chi connectivity index (χ0v) is 6.45. The van der Waals surface area contributed by atoms with Crippen LogP contribution in [0.4, 0.5) is 0 Å². The molecule has 0 aliphatic heterocycles. The summed E-state index contributed by atoms with van der Waals surface area (Å²) in [6, 6.07) is 0. The molecule has 0 radical (unpaired) electrons. The Morgan fingerprint density at radius 1 is 1.73 bits per heavy atom. The van der Waals surface area contributed by atoms with Gasteiger partial charge in [-0.1, -0.05) is 0 Å². The molecule has 4 N–H and O–H groups in total. The van der Waals surface area contributed by atoms with Gasteiger partial charge in [0.1, 0.15) is 0 Å². The monoisotopic (exact) mass is 159 g/mol. The van der Waals surface area contributed by atoms with Crippen molar-refractivity contribution >= 4 is 5.91 Å². The Hall–Kier alpha value is -0.870. The fourth-order valence-electron chi connectivity index (χ4n) is 0.586. The van der Waals surface area contributed by atoms with E-state index in [9.17, 15) is 4.79 Å². The van der Waals surface area contributed by atoms with Crippen LogP contribution in [0.15, 0.2) is 11.6 Å². The number of hydrogen-bond acceptors (Lipinski definition) is 3. The molecular weight excluding hydrogens is 146 g/mol. The summed E-state index contributed by atoms with van der Waals surface area (Å²) in [5, 5.41) is 17.4. The summed E-state index contributed by atoms with van der Waals surface area (Å²) in [7, 11) is 0. The van der Waals surface area contributed by atoms with Crippen molar-refractivity contribution in [3.05, 3.63) is 11.6 Å². The van der Waals surface area contributed by atoms with Crippen LogP contribution in [-0.2, 0) is 4.79 Å². The van der Waals surface area contributed by atoms with Crippen molar-refractivity contribution in [1.29, 1.82) is 0 Å². The number of rotatable bonds is 4. The predicted molar refractivity (Wildman–Crippen MR) is 40.7 cm³/mol. The zero-order valence-electron chi connectivity index (χ0n) is 6.45. The summed E-state index contributed by atoms with van der Waals surface area (Å²) in [5.74, 6) is -0.554. The first-order chi connectivity index (χ1) is 5.07. The third-order valence-electron chi connectivity index (χ3n) is 1.26. The highest BCUT2D eigenvalue weighted by molar-refractivity contribution is 5.91. The molecule has 0 aliphatic carbocycles. The molecule has 0 spiro atoms. The van der Waals surface area contributed by atoms with Crippen LogP contribution in [0.2, 0.25) is 0 Å². The molecule has 4 nitrogen and oxygen atoms in total. The van der Waals surface area contributed by atoms with Crippen molar-refractivity contribution in [3.8, 4) is 0 Å². The number of aliphatic hydroxyl groups excluding tert-OH is 2. The van der Waals surface area contributed by atoms with Crippen LogP contribution in [0.25, 0.3) is 0 Å². The van der Waals surface area contributed by atoms with E-state index < -0.39 is 12.0 Å². The molecule has 0 saturated carbocycles. The van der Waals surface area contributed by atoms with Gasteiger partial charge in [0.25, 0.3) is 0 Å². The lowest BCUT2D eigenvalue weighted by atomic mass is 10.2. The van der Waals surface area contributed by atoms with Gasteiger partial charge in [-0.3, -0.25) is 4.79 Å². The minimum atomic E-state index is -0.785. The van der Waals surface area contributed by atoms with Crippen LogP contribution in [0.1, 0.15) is 13.3 Å². The average Bonchev–Trinajstić information content (AvgIpc) is 1.87. The molecule has 4 heteroatoms. The molecule has 0 aromatic carbocycles. The van der Waals surface area contributed by atoms with Gasteiger partial charge in [-0.05, 0) is 13.0 Å². The summed E-state index contributed by atoms with van der Waals surface area (Å²) >= 11 is 0. The van der Waals surface area contributed by atoms with Gasteiger partial charge in [0.2, 0.25) is 5.91 Å². The molecule has 0 fully saturated rings. The van der Waals surface area contributed by atoms with E-state index in [1.807, 2.05) is 0 Å². The highest BCUT2D eigenvalue weighted by Crippen LogP contribution is 1.98. The molecule has 0 aromatic heterocycles. The first-order valence-corrected chi connectivity index (χ1v) is 3.35. The number of carbonyl (C=O) groups is 1. The minimum absolute atomic E-state index is 0.107. The van der Waals surface area contributed by atoms with Gasteiger partial charge in [0.15, 0.2) is 0 Å². The second-order valence-electron chi connectivity index (χ2n) is 2.29. The number of primary amides is 1. The van der Waals surface area contributed by atoms with E-state index in [1.165, 1.54) is 13.0 Å². The number of hydrogen-bond donors (Lipinski definition) is 3. The number of nitrogens with two attached hydrogens (primary N) is 1. The van der Waals surface area contributed by atoms with Gasteiger partial charge in [-0.25, -0.2) is 0 Å². The standard InChI is InChI=1S/C7H13NO3/c1-5(7(8)11)4-6(10)2-3-9/h4,6,9-10H,2-3H2,1H3,(H2,8,11). The lowest BCUT2D eigenvalue weighted by molar-refractivity contribution is -0.114. The van der Waals surface area contributed by atoms with E-state index in [0.717, 1.165) is 0 Å². The third-order valence-corrected chi connectivity index (χ3v) is 1.26. The lowest BCUT2D eigenvalue weighted by Crippen LogP contribution is -2.15. The number of carbonyl (C=O) groups excluding carboxylic acids is 1. The van der Waals surface area contributed by atoms with Crippen LogP contribution >= 0.6 is 0 Å². The topological polar surface area (TPSA) is 83.6 Å². The average molecular weight is 159 g/mol. The molecule has 64 valence electrons. The van der Waals surface area contributed by atoms with Crippen molar-refractivity contribution in [2.75, 3.05) is 6.61 Å². The van der Waals surface area contributed by atoms with Crippen LogP contribution < -0.4 is 5.73 Å².